The molecule has 168 valence electrons. The predicted molar refractivity (Wildman–Crippen MR) is 124 cm³/mol. The third kappa shape index (κ3) is 6.01. The molecule has 0 aliphatic rings. The summed E-state index contributed by atoms with van der Waals surface area (Å²) in [6.07, 6.45) is 0. The fourth-order valence-corrected chi connectivity index (χ4v) is 4.17. The lowest BCUT2D eigenvalue weighted by Crippen LogP contribution is -2.28. The van der Waals surface area contributed by atoms with E-state index in [4.69, 9.17) is 9.47 Å². The molecule has 0 aliphatic heterocycles. The molecule has 0 atom stereocenters. The van der Waals surface area contributed by atoms with E-state index in [9.17, 15) is 13.2 Å². The van der Waals surface area contributed by atoms with Crippen LogP contribution in [0.25, 0.3) is 0 Å². The molecule has 0 fully saturated rings. The molecule has 8 heteroatoms. The van der Waals surface area contributed by atoms with Gasteiger partial charge in [-0.25, -0.2) is 8.42 Å². The van der Waals surface area contributed by atoms with E-state index < -0.39 is 10.0 Å². The topological polar surface area (TPSA) is 93.7 Å². The van der Waals surface area contributed by atoms with Crippen LogP contribution in [0.4, 0.5) is 5.69 Å². The number of methoxy groups -OCH3 is 1. The van der Waals surface area contributed by atoms with E-state index in [1.807, 2.05) is 43.3 Å². The molecule has 0 saturated heterocycles. The number of benzene rings is 3. The van der Waals surface area contributed by atoms with Crippen molar-refractivity contribution in [3.05, 3.63) is 83.4 Å². The van der Waals surface area contributed by atoms with E-state index in [-0.39, 0.29) is 17.4 Å². The molecule has 0 aromatic heterocycles. The summed E-state index contributed by atoms with van der Waals surface area (Å²) in [6, 6.07) is 19.0. The first-order valence-electron chi connectivity index (χ1n) is 10.00. The normalized spacial score (nSPS) is 11.0. The second-order valence-corrected chi connectivity index (χ2v) is 8.96. The van der Waals surface area contributed by atoms with Crippen molar-refractivity contribution in [2.75, 3.05) is 18.4 Å². The zero-order valence-electron chi connectivity index (χ0n) is 18.2. The zero-order chi connectivity index (χ0) is 23.1. The van der Waals surface area contributed by atoms with Gasteiger partial charge < -0.3 is 14.8 Å². The SMILES string of the molecule is COc1ccccc1CNC(=O)COc1ccc(S(=O)(=O)Nc2ccc(C)cc2)cc1C. The summed E-state index contributed by atoms with van der Waals surface area (Å²) >= 11 is 0. The van der Waals surface area contributed by atoms with Crippen molar-refractivity contribution in [1.29, 1.82) is 0 Å². The number of ether oxygens (including phenoxy) is 2. The molecule has 3 aromatic rings. The van der Waals surface area contributed by atoms with Crippen LogP contribution < -0.4 is 19.5 Å². The number of aryl methyl sites for hydroxylation is 2. The maximum absolute atomic E-state index is 12.7. The van der Waals surface area contributed by atoms with Gasteiger partial charge in [0.25, 0.3) is 15.9 Å². The van der Waals surface area contributed by atoms with Gasteiger partial charge >= 0.3 is 0 Å². The molecule has 3 aromatic carbocycles. The molecular weight excluding hydrogens is 428 g/mol. The molecule has 3 rings (SSSR count). The van der Waals surface area contributed by atoms with E-state index in [0.29, 0.717) is 29.3 Å². The smallest absolute Gasteiger partial charge is 0.261 e. The summed E-state index contributed by atoms with van der Waals surface area (Å²) in [7, 11) is -2.16. The van der Waals surface area contributed by atoms with Crippen LogP contribution in [0.5, 0.6) is 11.5 Å². The molecule has 1 amide bonds. The van der Waals surface area contributed by atoms with Gasteiger partial charge in [-0.15, -0.1) is 0 Å². The summed E-state index contributed by atoms with van der Waals surface area (Å²) in [5.41, 5.74) is 2.99. The third-order valence-corrected chi connectivity index (χ3v) is 6.17. The van der Waals surface area contributed by atoms with Gasteiger partial charge in [0, 0.05) is 17.8 Å². The summed E-state index contributed by atoms with van der Waals surface area (Å²) in [5.74, 6) is 0.834. The third-order valence-electron chi connectivity index (χ3n) is 4.79. The highest BCUT2D eigenvalue weighted by Crippen LogP contribution is 2.24. The Kier molecular flexibility index (Phi) is 7.37. The van der Waals surface area contributed by atoms with Crippen LogP contribution in [0, 0.1) is 13.8 Å². The molecule has 0 radical (unpaired) electrons. The van der Waals surface area contributed by atoms with Crippen LogP contribution >= 0.6 is 0 Å². The van der Waals surface area contributed by atoms with Crippen molar-refractivity contribution in [2.24, 2.45) is 0 Å². The first kappa shape index (κ1) is 23.1. The first-order valence-corrected chi connectivity index (χ1v) is 11.5. The average Bonchev–Trinajstić information content (AvgIpc) is 2.78. The highest BCUT2D eigenvalue weighted by molar-refractivity contribution is 7.92. The molecule has 2 N–H and O–H groups in total. The molecule has 0 spiro atoms. The van der Waals surface area contributed by atoms with E-state index in [1.54, 1.807) is 32.2 Å². The van der Waals surface area contributed by atoms with Gasteiger partial charge in [0.05, 0.1) is 12.0 Å². The van der Waals surface area contributed by atoms with Crippen molar-refractivity contribution >= 4 is 21.6 Å². The van der Waals surface area contributed by atoms with E-state index in [0.717, 1.165) is 11.1 Å². The molecule has 7 nitrogen and oxygen atoms in total. The number of anilines is 1. The van der Waals surface area contributed by atoms with Crippen LogP contribution in [-0.4, -0.2) is 28.0 Å². The number of nitrogens with one attached hydrogen (secondary N) is 2. The molecular formula is C24H26N2O5S. The van der Waals surface area contributed by atoms with Crippen LogP contribution in [0.15, 0.2) is 71.6 Å². The molecule has 0 heterocycles. The summed E-state index contributed by atoms with van der Waals surface area (Å²) < 4.78 is 38.7. The van der Waals surface area contributed by atoms with Crippen molar-refractivity contribution in [3.63, 3.8) is 0 Å². The van der Waals surface area contributed by atoms with Crippen molar-refractivity contribution in [2.45, 2.75) is 25.3 Å². The first-order chi connectivity index (χ1) is 15.3. The standard InChI is InChI=1S/C24H26N2O5S/c1-17-8-10-20(11-9-17)26-32(28,29)21-12-13-22(18(2)14-21)31-16-24(27)25-15-19-6-4-5-7-23(19)30-3/h4-14,26H,15-16H2,1-3H3,(H,25,27). The summed E-state index contributed by atoms with van der Waals surface area (Å²) in [6.45, 7) is 3.78. The minimum absolute atomic E-state index is 0.114. The lowest BCUT2D eigenvalue weighted by atomic mass is 10.2. The van der Waals surface area contributed by atoms with Gasteiger partial charge in [-0.05, 0) is 55.8 Å². The van der Waals surface area contributed by atoms with E-state index in [2.05, 4.69) is 10.0 Å². The second-order valence-electron chi connectivity index (χ2n) is 7.28. The lowest BCUT2D eigenvalue weighted by Gasteiger charge is -2.13. The Hall–Kier alpha value is -3.52. The fraction of sp³-hybridized carbons (Fsp3) is 0.208. The minimum Gasteiger partial charge on any atom is -0.496 e. The Morgan fingerprint density at radius 2 is 1.66 bits per heavy atom. The van der Waals surface area contributed by atoms with Gasteiger partial charge in [-0.3, -0.25) is 9.52 Å². The van der Waals surface area contributed by atoms with Crippen LogP contribution in [0.3, 0.4) is 0 Å². The lowest BCUT2D eigenvalue weighted by molar-refractivity contribution is -0.123. The Morgan fingerprint density at radius 3 is 2.34 bits per heavy atom. The maximum Gasteiger partial charge on any atom is 0.261 e. The molecule has 32 heavy (non-hydrogen) atoms. The van der Waals surface area contributed by atoms with Crippen molar-refractivity contribution in [3.8, 4) is 11.5 Å². The summed E-state index contributed by atoms with van der Waals surface area (Å²) in [5, 5.41) is 2.78. The number of para-hydroxylation sites is 1. The predicted octanol–water partition coefficient (Wildman–Crippen LogP) is 3.81. The quantitative estimate of drug-likeness (QED) is 0.513. The van der Waals surface area contributed by atoms with Gasteiger partial charge in [0.15, 0.2) is 6.61 Å². The van der Waals surface area contributed by atoms with E-state index >= 15 is 0 Å². The van der Waals surface area contributed by atoms with Crippen LogP contribution in [-0.2, 0) is 21.4 Å². The average molecular weight is 455 g/mol. The Morgan fingerprint density at radius 1 is 0.938 bits per heavy atom. The number of carbonyl (C=O) groups is 1. The molecule has 0 saturated carbocycles. The van der Waals surface area contributed by atoms with E-state index in [1.165, 1.54) is 12.1 Å². The second kappa shape index (κ2) is 10.2. The number of hydrogen-bond donors (Lipinski definition) is 2. The Bertz CT molecular complexity index is 1190. The van der Waals surface area contributed by atoms with Gasteiger partial charge in [-0.1, -0.05) is 35.9 Å². The highest BCUT2D eigenvalue weighted by atomic mass is 32.2. The number of carbonyl (C=O) groups excluding carboxylic acids is 1. The van der Waals surface area contributed by atoms with Crippen molar-refractivity contribution < 1.29 is 22.7 Å². The van der Waals surface area contributed by atoms with Crippen molar-refractivity contribution in [1.82, 2.24) is 5.32 Å². The molecule has 0 aliphatic carbocycles. The van der Waals surface area contributed by atoms with Crippen LogP contribution in [0.2, 0.25) is 0 Å². The molecule has 0 unspecified atom stereocenters. The van der Waals surface area contributed by atoms with Crippen LogP contribution in [0.1, 0.15) is 16.7 Å². The minimum atomic E-state index is -3.74. The summed E-state index contributed by atoms with van der Waals surface area (Å²) in [4.78, 5) is 12.3. The fourth-order valence-electron chi connectivity index (χ4n) is 3.02. The number of amides is 1. The van der Waals surface area contributed by atoms with Gasteiger partial charge in [0.2, 0.25) is 0 Å². The highest BCUT2D eigenvalue weighted by Gasteiger charge is 2.16. The molecule has 0 bridgehead atoms. The van der Waals surface area contributed by atoms with Gasteiger partial charge in [0.1, 0.15) is 11.5 Å². The number of hydrogen-bond acceptors (Lipinski definition) is 5. The maximum atomic E-state index is 12.7. The largest absolute Gasteiger partial charge is 0.496 e. The monoisotopic (exact) mass is 454 g/mol. The Labute approximate surface area is 188 Å². The zero-order valence-corrected chi connectivity index (χ0v) is 19.0. The number of sulfonamides is 1. The number of rotatable bonds is 9. The van der Waals surface area contributed by atoms with Gasteiger partial charge in [-0.2, -0.15) is 0 Å². The Balaban J connectivity index is 1.58.